The Morgan fingerprint density at radius 3 is 2.39 bits per heavy atom. The summed E-state index contributed by atoms with van der Waals surface area (Å²) < 4.78 is 23.7. The Hall–Kier alpha value is -0.520. The first-order valence-electron chi connectivity index (χ1n) is 6.10. The van der Waals surface area contributed by atoms with Gasteiger partial charge in [0.15, 0.2) is 9.84 Å². The molecule has 0 aliphatic rings. The third kappa shape index (κ3) is 4.63. The average molecular weight is 288 g/mol. The Labute approximate surface area is 114 Å². The summed E-state index contributed by atoms with van der Waals surface area (Å²) in [4.78, 5) is 1.43. The van der Waals surface area contributed by atoms with Crippen LogP contribution in [0.2, 0.25) is 0 Å². The number of rotatable bonds is 7. The molecule has 0 saturated heterocycles. The third-order valence-corrected chi connectivity index (χ3v) is 5.65. The predicted molar refractivity (Wildman–Crippen MR) is 75.8 cm³/mol. The Kier molecular flexibility index (Phi) is 6.18. The molecule has 0 spiro atoms. The lowest BCUT2D eigenvalue weighted by molar-refractivity contribution is 0.289. The molecule has 0 heterocycles. The first-order chi connectivity index (χ1) is 8.49. The highest BCUT2D eigenvalue weighted by Crippen LogP contribution is 2.26. The van der Waals surface area contributed by atoms with Crippen molar-refractivity contribution in [2.75, 3.05) is 12.4 Å². The molecule has 1 N–H and O–H groups in total. The van der Waals surface area contributed by atoms with Gasteiger partial charge in [-0.05, 0) is 37.1 Å². The van der Waals surface area contributed by atoms with E-state index in [1.54, 1.807) is 23.9 Å². The fourth-order valence-corrected chi connectivity index (χ4v) is 3.89. The topological polar surface area (TPSA) is 54.4 Å². The van der Waals surface area contributed by atoms with Gasteiger partial charge < -0.3 is 5.11 Å². The second-order valence-corrected chi connectivity index (χ2v) is 7.85. The van der Waals surface area contributed by atoms with Crippen molar-refractivity contribution in [3.05, 3.63) is 24.3 Å². The van der Waals surface area contributed by atoms with Crippen molar-refractivity contribution in [3.63, 3.8) is 0 Å². The molecule has 1 unspecified atom stereocenters. The Balaban J connectivity index is 2.74. The van der Waals surface area contributed by atoms with Crippen molar-refractivity contribution < 1.29 is 13.5 Å². The molecule has 0 fully saturated rings. The molecule has 0 aliphatic heterocycles. The average Bonchev–Trinajstić information content (AvgIpc) is 2.30. The summed E-state index contributed by atoms with van der Waals surface area (Å²) in [6.07, 6.45) is 1.37. The van der Waals surface area contributed by atoms with E-state index in [9.17, 15) is 8.42 Å². The van der Waals surface area contributed by atoms with Crippen LogP contribution < -0.4 is 0 Å². The molecule has 1 aromatic rings. The molecule has 0 saturated carbocycles. The highest BCUT2D eigenvalue weighted by molar-refractivity contribution is 8.00. The zero-order valence-corrected chi connectivity index (χ0v) is 12.4. The summed E-state index contributed by atoms with van der Waals surface area (Å²) in [5.74, 6) is 0.195. The maximum atomic E-state index is 11.8. The van der Waals surface area contributed by atoms with E-state index in [1.165, 1.54) is 0 Å². The molecule has 0 amide bonds. The molecule has 3 nitrogen and oxygen atoms in total. The van der Waals surface area contributed by atoms with E-state index in [1.807, 2.05) is 26.0 Å². The Morgan fingerprint density at radius 1 is 1.28 bits per heavy atom. The quantitative estimate of drug-likeness (QED) is 0.784. The molecule has 1 atom stereocenters. The van der Waals surface area contributed by atoms with Crippen LogP contribution in [0.25, 0.3) is 0 Å². The molecule has 18 heavy (non-hydrogen) atoms. The zero-order valence-electron chi connectivity index (χ0n) is 10.8. The fourth-order valence-electron chi connectivity index (χ4n) is 1.59. The summed E-state index contributed by atoms with van der Waals surface area (Å²) in [5.41, 5.74) is 0. The minimum Gasteiger partial charge on any atom is -0.396 e. The van der Waals surface area contributed by atoms with Crippen LogP contribution >= 0.6 is 11.8 Å². The maximum Gasteiger partial charge on any atom is 0.178 e. The van der Waals surface area contributed by atoms with Gasteiger partial charge in [0.05, 0.1) is 10.6 Å². The van der Waals surface area contributed by atoms with Crippen molar-refractivity contribution in [2.45, 2.75) is 41.7 Å². The van der Waals surface area contributed by atoms with Gasteiger partial charge in [-0.25, -0.2) is 8.42 Å². The van der Waals surface area contributed by atoms with Crippen LogP contribution in [0.4, 0.5) is 0 Å². The van der Waals surface area contributed by atoms with Gasteiger partial charge in [0.2, 0.25) is 0 Å². The standard InChI is InChI=1S/C13H20O3S2/c1-3-10-18(15,16)13-6-4-12(5-7-13)17-11(2)8-9-14/h4-7,11,14H,3,8-10H2,1-2H3. The third-order valence-electron chi connectivity index (χ3n) is 2.53. The zero-order chi connectivity index (χ0) is 13.6. The second-order valence-electron chi connectivity index (χ2n) is 4.23. The molecule has 1 aromatic carbocycles. The molecule has 102 valence electrons. The minimum atomic E-state index is -3.12. The number of thioether (sulfide) groups is 1. The summed E-state index contributed by atoms with van der Waals surface area (Å²) in [6.45, 7) is 4.08. The molecular formula is C13H20O3S2. The van der Waals surface area contributed by atoms with Gasteiger partial charge in [-0.1, -0.05) is 13.8 Å². The first-order valence-corrected chi connectivity index (χ1v) is 8.63. The molecule has 0 bridgehead atoms. The van der Waals surface area contributed by atoms with Gasteiger partial charge in [0.1, 0.15) is 0 Å². The maximum absolute atomic E-state index is 11.8. The second kappa shape index (κ2) is 7.16. The van der Waals surface area contributed by atoms with Gasteiger partial charge in [-0.2, -0.15) is 0 Å². The van der Waals surface area contributed by atoms with Gasteiger partial charge in [0.25, 0.3) is 0 Å². The largest absolute Gasteiger partial charge is 0.396 e. The molecular weight excluding hydrogens is 268 g/mol. The predicted octanol–water partition coefficient (Wildman–Crippen LogP) is 2.73. The van der Waals surface area contributed by atoms with E-state index >= 15 is 0 Å². The Morgan fingerprint density at radius 2 is 1.89 bits per heavy atom. The van der Waals surface area contributed by atoms with Crippen molar-refractivity contribution in [1.29, 1.82) is 0 Å². The van der Waals surface area contributed by atoms with Gasteiger partial charge in [-0.3, -0.25) is 0 Å². The van der Waals surface area contributed by atoms with Gasteiger partial charge in [0, 0.05) is 16.8 Å². The van der Waals surface area contributed by atoms with Crippen LogP contribution in [-0.2, 0) is 9.84 Å². The summed E-state index contributed by atoms with van der Waals surface area (Å²) in [5, 5.41) is 9.16. The van der Waals surface area contributed by atoms with Crippen LogP contribution in [0, 0.1) is 0 Å². The van der Waals surface area contributed by atoms with Crippen molar-refractivity contribution in [2.24, 2.45) is 0 Å². The highest BCUT2D eigenvalue weighted by atomic mass is 32.2. The van der Waals surface area contributed by atoms with Crippen molar-refractivity contribution >= 4 is 21.6 Å². The summed E-state index contributed by atoms with van der Waals surface area (Å²) >= 11 is 1.65. The fraction of sp³-hybridized carbons (Fsp3) is 0.538. The molecule has 0 aliphatic carbocycles. The lowest BCUT2D eigenvalue weighted by Gasteiger charge is -2.10. The lowest BCUT2D eigenvalue weighted by Crippen LogP contribution is -2.05. The van der Waals surface area contributed by atoms with E-state index in [-0.39, 0.29) is 12.4 Å². The number of hydrogen-bond acceptors (Lipinski definition) is 4. The van der Waals surface area contributed by atoms with E-state index in [0.29, 0.717) is 16.6 Å². The molecule has 1 rings (SSSR count). The molecule has 0 radical (unpaired) electrons. The monoisotopic (exact) mass is 288 g/mol. The summed E-state index contributed by atoms with van der Waals surface area (Å²) in [7, 11) is -3.12. The van der Waals surface area contributed by atoms with Crippen LogP contribution in [0.1, 0.15) is 26.7 Å². The molecule has 0 aromatic heterocycles. The summed E-state index contributed by atoms with van der Waals surface area (Å²) in [6, 6.07) is 7.00. The van der Waals surface area contributed by atoms with E-state index < -0.39 is 9.84 Å². The van der Waals surface area contributed by atoms with Crippen molar-refractivity contribution in [3.8, 4) is 0 Å². The highest BCUT2D eigenvalue weighted by Gasteiger charge is 2.13. The Bertz CT molecular complexity index is 452. The van der Waals surface area contributed by atoms with E-state index in [0.717, 1.165) is 11.3 Å². The minimum absolute atomic E-state index is 0.178. The number of aliphatic hydroxyl groups excluding tert-OH is 1. The van der Waals surface area contributed by atoms with Crippen LogP contribution in [-0.4, -0.2) is 31.1 Å². The normalized spacial score (nSPS) is 13.5. The number of hydrogen-bond donors (Lipinski definition) is 1. The number of aliphatic hydroxyl groups is 1. The van der Waals surface area contributed by atoms with E-state index in [2.05, 4.69) is 0 Å². The van der Waals surface area contributed by atoms with Crippen LogP contribution in [0.15, 0.2) is 34.1 Å². The van der Waals surface area contributed by atoms with Crippen molar-refractivity contribution in [1.82, 2.24) is 0 Å². The number of sulfone groups is 1. The lowest BCUT2D eigenvalue weighted by atomic mass is 10.3. The van der Waals surface area contributed by atoms with Crippen LogP contribution in [0.3, 0.4) is 0 Å². The first kappa shape index (κ1) is 15.5. The van der Waals surface area contributed by atoms with Gasteiger partial charge >= 0.3 is 0 Å². The smallest absolute Gasteiger partial charge is 0.178 e. The SMILES string of the molecule is CCCS(=O)(=O)c1ccc(SC(C)CCO)cc1. The number of benzene rings is 1. The van der Waals surface area contributed by atoms with E-state index in [4.69, 9.17) is 5.11 Å². The van der Waals surface area contributed by atoms with Crippen LogP contribution in [0.5, 0.6) is 0 Å². The molecule has 5 heteroatoms. The van der Waals surface area contributed by atoms with Gasteiger partial charge in [-0.15, -0.1) is 11.8 Å².